The first-order valence-electron chi connectivity index (χ1n) is 14.4. The highest BCUT2D eigenvalue weighted by atomic mass is 16.5. The molecule has 2 N–H and O–H groups in total. The number of carbonyl (C=O) groups excluding carboxylic acids is 1. The molecular weight excluding hydrogens is 512 g/mol. The summed E-state index contributed by atoms with van der Waals surface area (Å²) in [6, 6.07) is 17.9. The van der Waals surface area contributed by atoms with E-state index in [9.17, 15) is 4.79 Å². The summed E-state index contributed by atoms with van der Waals surface area (Å²) < 4.78 is 6.24. The van der Waals surface area contributed by atoms with Crippen molar-refractivity contribution >= 4 is 45.9 Å². The number of hydrogen-bond donors (Lipinski definition) is 2. The van der Waals surface area contributed by atoms with Crippen molar-refractivity contribution in [1.82, 2.24) is 14.9 Å². The second-order valence-corrected chi connectivity index (χ2v) is 11.1. The molecule has 0 bridgehead atoms. The van der Waals surface area contributed by atoms with Crippen LogP contribution < -0.4 is 15.4 Å². The second kappa shape index (κ2) is 11.7. The number of aliphatic imine (C=N–C) groups is 1. The average molecular weight is 549 g/mol. The van der Waals surface area contributed by atoms with Gasteiger partial charge in [-0.15, -0.1) is 0 Å². The van der Waals surface area contributed by atoms with Crippen LogP contribution in [-0.2, 0) is 4.79 Å². The molecule has 6 rings (SSSR count). The maximum Gasteiger partial charge on any atom is 0.227 e. The maximum atomic E-state index is 12.9. The number of benzene rings is 3. The van der Waals surface area contributed by atoms with Gasteiger partial charge in [-0.2, -0.15) is 0 Å². The van der Waals surface area contributed by atoms with Crippen molar-refractivity contribution in [3.63, 3.8) is 0 Å². The Bertz CT molecular complexity index is 1610. The molecule has 1 aromatic heterocycles. The van der Waals surface area contributed by atoms with Crippen molar-refractivity contribution in [3.05, 3.63) is 72.1 Å². The number of ether oxygens (including phenoxy) is 1. The third kappa shape index (κ3) is 5.93. The van der Waals surface area contributed by atoms with Crippen LogP contribution in [-0.4, -0.2) is 47.1 Å². The Balaban J connectivity index is 1.16. The zero-order valence-electron chi connectivity index (χ0n) is 23.9. The van der Waals surface area contributed by atoms with E-state index in [1.54, 1.807) is 6.33 Å². The second-order valence-electron chi connectivity index (χ2n) is 11.1. The van der Waals surface area contributed by atoms with E-state index >= 15 is 0 Å². The molecule has 2 aliphatic rings. The number of anilines is 3. The largest absolute Gasteiger partial charge is 0.457 e. The highest BCUT2D eigenvalue weighted by Gasteiger charge is 2.23. The lowest BCUT2D eigenvalue weighted by atomic mass is 9.96. The molecule has 1 unspecified atom stereocenters. The number of nitrogens with zero attached hydrogens (tertiary/aromatic N) is 4. The molecule has 210 valence electrons. The molecule has 8 nitrogen and oxygen atoms in total. The zero-order chi connectivity index (χ0) is 28.3. The SMILES string of the molecule is CCCC1C=Nc2cc(Oc3ccc(Nc4ncnc5ccc(NC(=O)C6CCN(C)CC6)cc45)cc3C)ccc21. The number of fused-ring (bicyclic) bond motifs is 2. The topological polar surface area (TPSA) is 91.7 Å². The summed E-state index contributed by atoms with van der Waals surface area (Å²) >= 11 is 0. The summed E-state index contributed by atoms with van der Waals surface area (Å²) in [5.74, 6) is 2.76. The van der Waals surface area contributed by atoms with Crippen LogP contribution in [0.2, 0.25) is 0 Å². The number of rotatable bonds is 8. The Kier molecular flexibility index (Phi) is 7.65. The van der Waals surface area contributed by atoms with E-state index in [-0.39, 0.29) is 11.8 Å². The van der Waals surface area contributed by atoms with Crippen molar-refractivity contribution in [3.8, 4) is 11.5 Å². The van der Waals surface area contributed by atoms with Crippen molar-refractivity contribution in [2.45, 2.75) is 45.4 Å². The lowest BCUT2D eigenvalue weighted by molar-refractivity contribution is -0.121. The average Bonchev–Trinajstić information content (AvgIpc) is 3.37. The molecule has 8 heteroatoms. The van der Waals surface area contributed by atoms with E-state index in [1.165, 1.54) is 5.56 Å². The lowest BCUT2D eigenvalue weighted by Gasteiger charge is -2.28. The van der Waals surface area contributed by atoms with E-state index in [1.807, 2.05) is 61.7 Å². The summed E-state index contributed by atoms with van der Waals surface area (Å²) in [5.41, 5.74) is 5.70. The van der Waals surface area contributed by atoms with Crippen LogP contribution in [0, 0.1) is 12.8 Å². The summed E-state index contributed by atoms with van der Waals surface area (Å²) in [7, 11) is 2.10. The number of piperidine rings is 1. The van der Waals surface area contributed by atoms with Gasteiger partial charge in [0.05, 0.1) is 11.2 Å². The number of hydrogen-bond acceptors (Lipinski definition) is 7. The normalized spacial score (nSPS) is 17.0. The van der Waals surface area contributed by atoms with Gasteiger partial charge in [0.1, 0.15) is 23.6 Å². The molecule has 3 heterocycles. The van der Waals surface area contributed by atoms with Gasteiger partial charge in [0, 0.05) is 40.9 Å². The summed E-state index contributed by atoms with van der Waals surface area (Å²) in [4.78, 5) is 28.7. The maximum absolute atomic E-state index is 12.9. The highest BCUT2D eigenvalue weighted by Crippen LogP contribution is 2.39. The number of nitrogens with one attached hydrogen (secondary N) is 2. The molecule has 0 saturated carbocycles. The number of carbonyl (C=O) groups is 1. The van der Waals surface area contributed by atoms with Crippen LogP contribution in [0.15, 0.2) is 65.9 Å². The summed E-state index contributed by atoms with van der Waals surface area (Å²) in [6.45, 7) is 6.12. The predicted octanol–water partition coefficient (Wildman–Crippen LogP) is 7.35. The predicted molar refractivity (Wildman–Crippen MR) is 165 cm³/mol. The van der Waals surface area contributed by atoms with Crippen molar-refractivity contribution in [1.29, 1.82) is 0 Å². The minimum atomic E-state index is 0.0396. The smallest absolute Gasteiger partial charge is 0.227 e. The molecule has 1 fully saturated rings. The van der Waals surface area contributed by atoms with Crippen molar-refractivity contribution in [2.75, 3.05) is 30.8 Å². The fourth-order valence-electron chi connectivity index (χ4n) is 5.66. The zero-order valence-corrected chi connectivity index (χ0v) is 23.9. The minimum absolute atomic E-state index is 0.0396. The molecule has 1 saturated heterocycles. The van der Waals surface area contributed by atoms with Gasteiger partial charge in [0.25, 0.3) is 0 Å². The lowest BCUT2D eigenvalue weighted by Crippen LogP contribution is -2.35. The Hall–Kier alpha value is -4.30. The standard InChI is InChI=1S/C33H36N6O2/c1-4-5-23-19-34-30-18-26(8-9-27(23)30)41-31-11-7-24(16-21(31)2)37-32-28-17-25(6-10-29(28)35-20-36-32)38-33(40)22-12-14-39(3)15-13-22/h6-11,16-20,22-23H,4-5,12-15H2,1-3H3,(H,38,40)(H,35,36,37). The molecule has 2 aliphatic heterocycles. The third-order valence-corrected chi connectivity index (χ3v) is 8.05. The number of amides is 1. The highest BCUT2D eigenvalue weighted by molar-refractivity contribution is 5.98. The summed E-state index contributed by atoms with van der Waals surface area (Å²) in [5, 5.41) is 7.38. The molecule has 1 atom stereocenters. The molecule has 1 amide bonds. The molecule has 0 aliphatic carbocycles. The third-order valence-electron chi connectivity index (χ3n) is 8.05. The van der Waals surface area contributed by atoms with Crippen LogP contribution in [0.5, 0.6) is 11.5 Å². The van der Waals surface area contributed by atoms with E-state index in [4.69, 9.17) is 4.74 Å². The number of likely N-dealkylation sites (tertiary alicyclic amines) is 1. The first kappa shape index (κ1) is 26.9. The fraction of sp³-hybridized carbons (Fsp3) is 0.333. The first-order chi connectivity index (χ1) is 20.0. The van der Waals surface area contributed by atoms with Gasteiger partial charge in [-0.1, -0.05) is 19.4 Å². The molecule has 41 heavy (non-hydrogen) atoms. The fourth-order valence-corrected chi connectivity index (χ4v) is 5.66. The van der Waals surface area contributed by atoms with Crippen LogP contribution in [0.3, 0.4) is 0 Å². The van der Waals surface area contributed by atoms with Gasteiger partial charge in [0.15, 0.2) is 0 Å². The van der Waals surface area contributed by atoms with Gasteiger partial charge < -0.3 is 20.3 Å². The molecule has 3 aromatic carbocycles. The monoisotopic (exact) mass is 548 g/mol. The quantitative estimate of drug-likeness (QED) is 0.239. The van der Waals surface area contributed by atoms with E-state index in [2.05, 4.69) is 50.5 Å². The van der Waals surface area contributed by atoms with Gasteiger partial charge in [0.2, 0.25) is 5.91 Å². The summed E-state index contributed by atoms with van der Waals surface area (Å²) in [6.07, 6.45) is 7.60. The van der Waals surface area contributed by atoms with Gasteiger partial charge in [-0.25, -0.2) is 9.97 Å². The molecule has 0 radical (unpaired) electrons. The van der Waals surface area contributed by atoms with Crippen LogP contribution in [0.25, 0.3) is 10.9 Å². The number of aryl methyl sites for hydroxylation is 1. The molecule has 0 spiro atoms. The van der Waals surface area contributed by atoms with E-state index < -0.39 is 0 Å². The van der Waals surface area contributed by atoms with Crippen molar-refractivity contribution in [2.24, 2.45) is 10.9 Å². The van der Waals surface area contributed by atoms with Crippen LogP contribution >= 0.6 is 0 Å². The Morgan fingerprint density at radius 3 is 2.66 bits per heavy atom. The van der Waals surface area contributed by atoms with E-state index in [0.29, 0.717) is 11.7 Å². The number of aromatic nitrogens is 2. The molecular formula is C33H36N6O2. The van der Waals surface area contributed by atoms with Gasteiger partial charge in [-0.05, 0) is 99.9 Å². The van der Waals surface area contributed by atoms with Gasteiger partial charge >= 0.3 is 0 Å². The Morgan fingerprint density at radius 2 is 1.85 bits per heavy atom. The van der Waals surface area contributed by atoms with Crippen LogP contribution in [0.1, 0.15) is 49.7 Å². The minimum Gasteiger partial charge on any atom is -0.457 e. The Morgan fingerprint density at radius 1 is 1.02 bits per heavy atom. The van der Waals surface area contributed by atoms with E-state index in [0.717, 1.165) is 83.8 Å². The van der Waals surface area contributed by atoms with Crippen LogP contribution in [0.4, 0.5) is 22.9 Å². The molecule has 4 aromatic rings. The Labute approximate surface area is 240 Å². The first-order valence-corrected chi connectivity index (χ1v) is 14.4. The van der Waals surface area contributed by atoms with Crippen molar-refractivity contribution < 1.29 is 9.53 Å². The van der Waals surface area contributed by atoms with Gasteiger partial charge in [-0.3, -0.25) is 9.79 Å².